The van der Waals surface area contributed by atoms with Crippen molar-refractivity contribution in [2.24, 2.45) is 0 Å². The lowest BCUT2D eigenvalue weighted by Crippen LogP contribution is -2.51. The van der Waals surface area contributed by atoms with Crippen LogP contribution >= 0.6 is 0 Å². The summed E-state index contributed by atoms with van der Waals surface area (Å²) in [7, 11) is 0. The van der Waals surface area contributed by atoms with Gasteiger partial charge in [-0.3, -0.25) is 14.8 Å². The largest absolute Gasteiger partial charge is 0.315 e. The van der Waals surface area contributed by atoms with Crippen molar-refractivity contribution in [2.75, 3.05) is 39.3 Å². The zero-order valence-corrected chi connectivity index (χ0v) is 11.8. The van der Waals surface area contributed by atoms with Crippen LogP contribution in [0.3, 0.4) is 0 Å². The summed E-state index contributed by atoms with van der Waals surface area (Å²) in [4.78, 5) is 9.47. The van der Waals surface area contributed by atoms with E-state index in [1.165, 1.54) is 51.3 Å². The van der Waals surface area contributed by atoms with Gasteiger partial charge in [-0.25, -0.2) is 0 Å². The molecule has 0 radical (unpaired) electrons. The van der Waals surface area contributed by atoms with E-state index in [1.54, 1.807) is 0 Å². The molecule has 0 aromatic carbocycles. The molecule has 0 bridgehead atoms. The Bertz CT molecular complexity index is 380. The van der Waals surface area contributed by atoms with Gasteiger partial charge >= 0.3 is 0 Å². The maximum absolute atomic E-state index is 4.23. The smallest absolute Gasteiger partial charge is 0.0336 e. The van der Waals surface area contributed by atoms with Crippen LogP contribution in [0.25, 0.3) is 0 Å². The monoisotopic (exact) mass is 260 g/mol. The summed E-state index contributed by atoms with van der Waals surface area (Å²) in [6, 6.07) is 5.48. The van der Waals surface area contributed by atoms with Crippen molar-refractivity contribution in [3.05, 3.63) is 30.1 Å². The molecule has 2 unspecified atom stereocenters. The number of hydrogen-bond donors (Lipinski definition) is 1. The average molecular weight is 260 g/mol. The van der Waals surface area contributed by atoms with Gasteiger partial charge in [0.05, 0.1) is 0 Å². The molecule has 19 heavy (non-hydrogen) atoms. The van der Waals surface area contributed by atoms with Gasteiger partial charge in [0.1, 0.15) is 0 Å². The highest BCUT2D eigenvalue weighted by Gasteiger charge is 2.27. The van der Waals surface area contributed by atoms with Crippen molar-refractivity contribution in [1.82, 2.24) is 20.1 Å². The molecule has 4 heteroatoms. The van der Waals surface area contributed by atoms with Crippen molar-refractivity contribution in [3.63, 3.8) is 0 Å². The fourth-order valence-electron chi connectivity index (χ4n) is 3.27. The Labute approximate surface area is 115 Å². The highest BCUT2D eigenvalue weighted by molar-refractivity contribution is 5.13. The van der Waals surface area contributed by atoms with Gasteiger partial charge in [0.15, 0.2) is 0 Å². The Balaban J connectivity index is 1.55. The van der Waals surface area contributed by atoms with Crippen LogP contribution in [0.1, 0.15) is 24.9 Å². The first kappa shape index (κ1) is 13.0. The quantitative estimate of drug-likeness (QED) is 0.882. The highest BCUT2D eigenvalue weighted by Crippen LogP contribution is 2.22. The second kappa shape index (κ2) is 5.99. The maximum atomic E-state index is 4.23. The first-order valence-electron chi connectivity index (χ1n) is 7.43. The summed E-state index contributed by atoms with van der Waals surface area (Å²) >= 11 is 0. The summed E-state index contributed by atoms with van der Waals surface area (Å²) in [5, 5.41) is 3.47. The van der Waals surface area contributed by atoms with Crippen molar-refractivity contribution in [1.29, 1.82) is 0 Å². The van der Waals surface area contributed by atoms with Crippen molar-refractivity contribution < 1.29 is 0 Å². The topological polar surface area (TPSA) is 31.4 Å². The van der Waals surface area contributed by atoms with Gasteiger partial charge in [-0.15, -0.1) is 0 Å². The van der Waals surface area contributed by atoms with Crippen LogP contribution in [0.15, 0.2) is 24.5 Å². The minimum absolute atomic E-state index is 0.484. The van der Waals surface area contributed by atoms with E-state index in [-0.39, 0.29) is 0 Å². The Morgan fingerprint density at radius 2 is 2.16 bits per heavy atom. The van der Waals surface area contributed by atoms with E-state index in [1.807, 2.05) is 18.5 Å². The van der Waals surface area contributed by atoms with E-state index < -0.39 is 0 Å². The maximum Gasteiger partial charge on any atom is 0.0336 e. The third kappa shape index (κ3) is 2.96. The van der Waals surface area contributed by atoms with Gasteiger partial charge < -0.3 is 5.32 Å². The number of rotatable bonds is 3. The molecule has 104 valence electrons. The van der Waals surface area contributed by atoms with Crippen LogP contribution in [0.4, 0.5) is 0 Å². The van der Waals surface area contributed by atoms with E-state index in [0.29, 0.717) is 6.04 Å². The lowest BCUT2D eigenvalue weighted by atomic mass is 10.1. The molecule has 2 saturated heterocycles. The molecule has 0 amide bonds. The normalized spacial score (nSPS) is 27.5. The van der Waals surface area contributed by atoms with Crippen LogP contribution in [0, 0.1) is 0 Å². The zero-order chi connectivity index (χ0) is 13.1. The van der Waals surface area contributed by atoms with Gasteiger partial charge in [0, 0.05) is 57.2 Å². The molecule has 2 aliphatic rings. The molecule has 2 aliphatic heterocycles. The molecule has 1 N–H and O–H groups in total. The Kier molecular flexibility index (Phi) is 4.11. The van der Waals surface area contributed by atoms with E-state index >= 15 is 0 Å². The number of pyridine rings is 1. The molecule has 3 heterocycles. The second-order valence-electron chi connectivity index (χ2n) is 5.68. The summed E-state index contributed by atoms with van der Waals surface area (Å²) in [6.07, 6.45) is 5.16. The molecule has 0 aliphatic carbocycles. The fourth-order valence-corrected chi connectivity index (χ4v) is 3.27. The zero-order valence-electron chi connectivity index (χ0n) is 11.8. The number of nitrogens with one attached hydrogen (secondary N) is 1. The van der Waals surface area contributed by atoms with Crippen molar-refractivity contribution >= 4 is 0 Å². The molecule has 4 nitrogen and oxygen atoms in total. The molecule has 1 aromatic heterocycles. The first-order chi connectivity index (χ1) is 9.34. The van der Waals surface area contributed by atoms with Crippen molar-refractivity contribution in [2.45, 2.75) is 25.4 Å². The Hall–Kier alpha value is -0.970. The van der Waals surface area contributed by atoms with E-state index in [2.05, 4.69) is 33.1 Å². The molecule has 3 rings (SSSR count). The molecule has 2 atom stereocenters. The first-order valence-corrected chi connectivity index (χ1v) is 7.43. The van der Waals surface area contributed by atoms with Crippen LogP contribution in [-0.2, 0) is 0 Å². The average Bonchev–Trinajstić information content (AvgIpc) is 3.02. The summed E-state index contributed by atoms with van der Waals surface area (Å²) in [5.74, 6) is 0. The highest BCUT2D eigenvalue weighted by atomic mass is 15.3. The van der Waals surface area contributed by atoms with Gasteiger partial charge in [0.25, 0.3) is 0 Å². The Morgan fingerprint density at radius 3 is 2.79 bits per heavy atom. The van der Waals surface area contributed by atoms with Crippen molar-refractivity contribution in [3.8, 4) is 0 Å². The molecule has 0 saturated carbocycles. The standard InChI is InChI=1S/C15H24N4/c1-13(14-3-2-5-16-11-14)18-7-9-19(10-8-18)15-4-6-17-12-15/h2-3,5,11,13,15,17H,4,6-10,12H2,1H3. The molecular formula is C15H24N4. The summed E-state index contributed by atoms with van der Waals surface area (Å²) in [5.41, 5.74) is 1.33. The lowest BCUT2D eigenvalue weighted by Gasteiger charge is -2.40. The molecule has 0 spiro atoms. The van der Waals surface area contributed by atoms with Gasteiger partial charge in [-0.1, -0.05) is 6.07 Å². The predicted molar refractivity (Wildman–Crippen MR) is 77.1 cm³/mol. The number of piperazine rings is 1. The SMILES string of the molecule is CC(c1cccnc1)N1CCN(C2CCNC2)CC1. The van der Waals surface area contributed by atoms with Crippen LogP contribution in [0.5, 0.6) is 0 Å². The fraction of sp³-hybridized carbons (Fsp3) is 0.667. The third-order valence-corrected chi connectivity index (χ3v) is 4.61. The Morgan fingerprint density at radius 1 is 1.32 bits per heavy atom. The van der Waals surface area contributed by atoms with E-state index in [4.69, 9.17) is 0 Å². The van der Waals surface area contributed by atoms with Crippen LogP contribution in [-0.4, -0.2) is 60.1 Å². The number of nitrogens with zero attached hydrogens (tertiary/aromatic N) is 3. The van der Waals surface area contributed by atoms with Gasteiger partial charge in [-0.2, -0.15) is 0 Å². The van der Waals surface area contributed by atoms with E-state index in [9.17, 15) is 0 Å². The van der Waals surface area contributed by atoms with Crippen LogP contribution in [0.2, 0.25) is 0 Å². The third-order valence-electron chi connectivity index (χ3n) is 4.61. The minimum atomic E-state index is 0.484. The molecule has 2 fully saturated rings. The van der Waals surface area contributed by atoms with Gasteiger partial charge in [-0.05, 0) is 31.5 Å². The van der Waals surface area contributed by atoms with E-state index in [0.717, 1.165) is 6.04 Å². The minimum Gasteiger partial charge on any atom is -0.315 e. The lowest BCUT2D eigenvalue weighted by molar-refractivity contribution is 0.0786. The van der Waals surface area contributed by atoms with Gasteiger partial charge in [0.2, 0.25) is 0 Å². The number of hydrogen-bond acceptors (Lipinski definition) is 4. The summed E-state index contributed by atoms with van der Waals surface area (Å²) in [6.45, 7) is 9.42. The summed E-state index contributed by atoms with van der Waals surface area (Å²) < 4.78 is 0. The van der Waals surface area contributed by atoms with Crippen LogP contribution < -0.4 is 5.32 Å². The molecular weight excluding hydrogens is 236 g/mol. The second-order valence-corrected chi connectivity index (χ2v) is 5.68. The number of aromatic nitrogens is 1. The predicted octanol–water partition coefficient (Wildman–Crippen LogP) is 1.12. The molecule has 1 aromatic rings.